The van der Waals surface area contributed by atoms with E-state index in [4.69, 9.17) is 23.4 Å². The molecular formula is C40H50O5SSi. The normalized spacial score (nSPS) is 21.9. The van der Waals surface area contributed by atoms with Crippen LogP contribution in [-0.2, 0) is 43.2 Å². The minimum Gasteiger partial charge on any atom is -0.408 e. The third kappa shape index (κ3) is 10.1. The van der Waals surface area contributed by atoms with Crippen molar-refractivity contribution in [1.29, 1.82) is 0 Å². The molecule has 1 aliphatic rings. The van der Waals surface area contributed by atoms with E-state index in [0.29, 0.717) is 26.4 Å². The maximum Gasteiger partial charge on any atom is 0.192 e. The Morgan fingerprint density at radius 2 is 1.13 bits per heavy atom. The van der Waals surface area contributed by atoms with Crippen molar-refractivity contribution in [2.45, 2.75) is 100 Å². The molecule has 0 spiro atoms. The minimum atomic E-state index is -2.30. The smallest absolute Gasteiger partial charge is 0.192 e. The van der Waals surface area contributed by atoms with Crippen LogP contribution in [0.4, 0.5) is 0 Å². The molecule has 0 bridgehead atoms. The number of hydrogen-bond donors (Lipinski definition) is 0. The van der Waals surface area contributed by atoms with Crippen molar-refractivity contribution >= 4 is 20.1 Å². The molecule has 5 rings (SSSR count). The minimum absolute atomic E-state index is 0.0157. The summed E-state index contributed by atoms with van der Waals surface area (Å²) in [6, 6.07) is 39.4. The Kier molecular flexibility index (Phi) is 12.5. The van der Waals surface area contributed by atoms with Gasteiger partial charge in [-0.15, -0.1) is 0 Å². The number of benzene rings is 4. The Balaban J connectivity index is 1.51. The van der Waals surface area contributed by atoms with Crippen molar-refractivity contribution in [2.75, 3.05) is 6.61 Å². The molecule has 0 amide bonds. The molecule has 0 radical (unpaired) electrons. The average molecular weight is 671 g/mol. The molecule has 0 N–H and O–H groups in total. The van der Waals surface area contributed by atoms with E-state index in [-0.39, 0.29) is 22.7 Å². The third-order valence-corrected chi connectivity index (χ3v) is 14.7. The highest BCUT2D eigenvalue weighted by atomic mass is 32.2. The number of rotatable bonds is 14. The highest BCUT2D eigenvalue weighted by Crippen LogP contribution is 2.43. The summed E-state index contributed by atoms with van der Waals surface area (Å²) in [5.41, 5.74) is 4.19. The second-order valence-corrected chi connectivity index (χ2v) is 19.8. The average Bonchev–Trinajstić information content (AvgIpc) is 3.06. The molecule has 0 aliphatic carbocycles. The molecule has 0 unspecified atom stereocenters. The van der Waals surface area contributed by atoms with Gasteiger partial charge in [0.05, 0.1) is 26.4 Å². The van der Waals surface area contributed by atoms with Gasteiger partial charge in [-0.05, 0) is 53.9 Å². The SMILES string of the molecule is Cc1ccc(S[C@@H]2O[C@H](COCc3ccccc3)[C@@H](OCc3ccccc3)[C@H](O[Si](C)(C)C(C)(C)C)[C@H]2OCc2ccccc2)cc1. The molecule has 250 valence electrons. The summed E-state index contributed by atoms with van der Waals surface area (Å²) in [4.78, 5) is 1.12. The van der Waals surface area contributed by atoms with Crippen LogP contribution in [-0.4, -0.2) is 44.8 Å². The molecule has 1 saturated heterocycles. The van der Waals surface area contributed by atoms with Crippen LogP contribution in [0, 0.1) is 6.92 Å². The van der Waals surface area contributed by atoms with E-state index < -0.39 is 20.5 Å². The topological polar surface area (TPSA) is 46.2 Å². The Labute approximate surface area is 287 Å². The zero-order valence-corrected chi connectivity index (χ0v) is 30.5. The quantitative estimate of drug-likeness (QED) is 0.125. The van der Waals surface area contributed by atoms with E-state index in [9.17, 15) is 0 Å². The van der Waals surface area contributed by atoms with Gasteiger partial charge in [-0.25, -0.2) is 0 Å². The lowest BCUT2D eigenvalue weighted by Gasteiger charge is -2.50. The first kappa shape index (κ1) is 35.6. The van der Waals surface area contributed by atoms with Crippen LogP contribution in [0.15, 0.2) is 120 Å². The van der Waals surface area contributed by atoms with E-state index in [1.165, 1.54) is 5.56 Å². The summed E-state index contributed by atoms with van der Waals surface area (Å²) < 4.78 is 34.5. The van der Waals surface area contributed by atoms with Crippen LogP contribution in [0.5, 0.6) is 0 Å². The van der Waals surface area contributed by atoms with Crippen LogP contribution in [0.1, 0.15) is 43.0 Å². The van der Waals surface area contributed by atoms with E-state index in [2.05, 4.69) is 101 Å². The second kappa shape index (κ2) is 16.6. The van der Waals surface area contributed by atoms with Crippen LogP contribution < -0.4 is 0 Å². The molecule has 5 nitrogen and oxygen atoms in total. The molecule has 0 aromatic heterocycles. The molecule has 0 saturated carbocycles. The number of aryl methyl sites for hydroxylation is 1. The molecule has 7 heteroatoms. The monoisotopic (exact) mass is 670 g/mol. The predicted octanol–water partition coefficient (Wildman–Crippen LogP) is 9.59. The molecule has 1 aliphatic heterocycles. The first-order valence-corrected chi connectivity index (χ1v) is 20.4. The van der Waals surface area contributed by atoms with Crippen LogP contribution in [0.25, 0.3) is 0 Å². The zero-order chi connectivity index (χ0) is 33.3. The summed E-state index contributed by atoms with van der Waals surface area (Å²) in [7, 11) is -2.30. The fourth-order valence-corrected chi connectivity index (χ4v) is 7.72. The number of ether oxygens (including phenoxy) is 4. The summed E-state index contributed by atoms with van der Waals surface area (Å²) in [5.74, 6) is 0. The number of thioether (sulfide) groups is 1. The Morgan fingerprint density at radius 3 is 1.64 bits per heavy atom. The first-order chi connectivity index (χ1) is 22.6. The van der Waals surface area contributed by atoms with E-state index in [0.717, 1.165) is 21.6 Å². The largest absolute Gasteiger partial charge is 0.408 e. The Hall–Kier alpha value is -2.75. The lowest BCUT2D eigenvalue weighted by Crippen LogP contribution is -2.63. The van der Waals surface area contributed by atoms with E-state index in [1.807, 2.05) is 54.6 Å². The number of hydrogen-bond acceptors (Lipinski definition) is 6. The molecule has 1 fully saturated rings. The Bertz CT molecular complexity index is 1480. The molecule has 4 aromatic carbocycles. The summed E-state index contributed by atoms with van der Waals surface area (Å²) in [6.45, 7) is 15.3. The van der Waals surface area contributed by atoms with Crippen molar-refractivity contribution in [1.82, 2.24) is 0 Å². The van der Waals surface area contributed by atoms with Crippen molar-refractivity contribution < 1.29 is 23.4 Å². The molecule has 5 atom stereocenters. The van der Waals surface area contributed by atoms with Gasteiger partial charge in [0, 0.05) is 4.90 Å². The molecule has 47 heavy (non-hydrogen) atoms. The van der Waals surface area contributed by atoms with Crippen LogP contribution in [0.2, 0.25) is 18.1 Å². The fourth-order valence-electron chi connectivity index (χ4n) is 5.29. The predicted molar refractivity (Wildman–Crippen MR) is 194 cm³/mol. The summed E-state index contributed by atoms with van der Waals surface area (Å²) in [6.07, 6.45) is -1.58. The maximum atomic E-state index is 7.37. The van der Waals surface area contributed by atoms with Gasteiger partial charge in [0.2, 0.25) is 0 Å². The van der Waals surface area contributed by atoms with Gasteiger partial charge in [0.1, 0.15) is 29.9 Å². The lowest BCUT2D eigenvalue weighted by molar-refractivity contribution is -0.236. The van der Waals surface area contributed by atoms with Crippen molar-refractivity contribution in [2.24, 2.45) is 0 Å². The summed E-state index contributed by atoms with van der Waals surface area (Å²) >= 11 is 1.68. The van der Waals surface area contributed by atoms with E-state index >= 15 is 0 Å². The van der Waals surface area contributed by atoms with Gasteiger partial charge in [-0.1, -0.05) is 141 Å². The van der Waals surface area contributed by atoms with Gasteiger partial charge < -0.3 is 23.4 Å². The zero-order valence-electron chi connectivity index (χ0n) is 28.6. The van der Waals surface area contributed by atoms with Crippen LogP contribution in [0.3, 0.4) is 0 Å². The fraction of sp³-hybridized carbons (Fsp3) is 0.400. The third-order valence-electron chi connectivity index (χ3n) is 9.07. The van der Waals surface area contributed by atoms with Crippen LogP contribution >= 0.6 is 11.8 Å². The standard InChI is InChI=1S/C40H50O5SSi/c1-30-22-24-34(25-23-30)46-39-38(43-28-33-20-14-9-15-21-33)37(45-47(5,6)40(2,3)4)36(42-27-32-18-12-8-13-19-32)35(44-39)29-41-26-31-16-10-7-11-17-31/h7-25,35-39H,26-29H2,1-6H3/t35-,36-,37+,38-,39+/m1/s1. The van der Waals surface area contributed by atoms with Gasteiger partial charge in [-0.3, -0.25) is 0 Å². The van der Waals surface area contributed by atoms with Gasteiger partial charge in [0.25, 0.3) is 0 Å². The van der Waals surface area contributed by atoms with E-state index in [1.54, 1.807) is 11.8 Å². The van der Waals surface area contributed by atoms with Gasteiger partial charge >= 0.3 is 0 Å². The van der Waals surface area contributed by atoms with Gasteiger partial charge in [0.15, 0.2) is 8.32 Å². The summed E-state index contributed by atoms with van der Waals surface area (Å²) in [5, 5.41) is -0.0157. The van der Waals surface area contributed by atoms with Crippen molar-refractivity contribution in [3.05, 3.63) is 138 Å². The highest BCUT2D eigenvalue weighted by molar-refractivity contribution is 7.99. The van der Waals surface area contributed by atoms with Gasteiger partial charge in [-0.2, -0.15) is 0 Å². The second-order valence-electron chi connectivity index (χ2n) is 13.8. The molecular weight excluding hydrogens is 621 g/mol. The molecule has 4 aromatic rings. The first-order valence-electron chi connectivity index (χ1n) is 16.6. The lowest BCUT2D eigenvalue weighted by atomic mass is 9.99. The van der Waals surface area contributed by atoms with Crippen molar-refractivity contribution in [3.63, 3.8) is 0 Å². The Morgan fingerprint density at radius 1 is 0.638 bits per heavy atom. The maximum absolute atomic E-state index is 7.37. The van der Waals surface area contributed by atoms with Crippen molar-refractivity contribution in [3.8, 4) is 0 Å². The molecule has 1 heterocycles. The highest BCUT2D eigenvalue weighted by Gasteiger charge is 2.52.